The lowest BCUT2D eigenvalue weighted by Crippen LogP contribution is -2.41. The average Bonchev–Trinajstić information content (AvgIpc) is 2.20. The van der Waals surface area contributed by atoms with E-state index in [2.05, 4.69) is 10.6 Å². The summed E-state index contributed by atoms with van der Waals surface area (Å²) in [4.78, 5) is -0.0453. The Bertz CT molecular complexity index is 571. The number of anilines is 1. The number of terminal acetylenes is 1. The van der Waals surface area contributed by atoms with Crippen LogP contribution in [-0.4, -0.2) is 19.1 Å². The highest BCUT2D eigenvalue weighted by Gasteiger charge is 2.24. The summed E-state index contributed by atoms with van der Waals surface area (Å²) in [6.45, 7) is 3.13. The van der Waals surface area contributed by atoms with E-state index < -0.39 is 15.6 Å². The van der Waals surface area contributed by atoms with Gasteiger partial charge in [0.05, 0.1) is 16.1 Å². The van der Waals surface area contributed by atoms with Crippen LogP contribution < -0.4 is 10.5 Å². The van der Waals surface area contributed by atoms with Gasteiger partial charge in [0.1, 0.15) is 5.75 Å². The number of hydrogen-bond acceptors (Lipinski definition) is 4. The topological polar surface area (TPSA) is 92.4 Å². The molecule has 4 N–H and O–H groups in total. The van der Waals surface area contributed by atoms with Crippen LogP contribution in [0.15, 0.2) is 23.1 Å². The van der Waals surface area contributed by atoms with E-state index in [4.69, 9.17) is 12.2 Å². The minimum atomic E-state index is -3.75. The van der Waals surface area contributed by atoms with Crippen LogP contribution in [0.1, 0.15) is 13.8 Å². The van der Waals surface area contributed by atoms with Gasteiger partial charge in [-0.15, -0.1) is 6.42 Å². The van der Waals surface area contributed by atoms with Crippen molar-refractivity contribution in [1.82, 2.24) is 4.72 Å². The Morgan fingerprint density at radius 3 is 2.53 bits per heavy atom. The standard InChI is InChI=1S/C11H14N2O3S/c1-4-11(2,3)13-17(15,16)8-5-6-10(14)9(12)7-8/h1,5-7,13-14H,12H2,2-3H3. The van der Waals surface area contributed by atoms with Crippen LogP contribution in [0.2, 0.25) is 0 Å². The molecule has 1 rings (SSSR count). The van der Waals surface area contributed by atoms with Crippen molar-refractivity contribution >= 4 is 15.7 Å². The fourth-order valence-corrected chi connectivity index (χ4v) is 2.50. The molecule has 6 heteroatoms. The fourth-order valence-electron chi connectivity index (χ4n) is 1.12. The van der Waals surface area contributed by atoms with Crippen molar-refractivity contribution in [2.75, 3.05) is 5.73 Å². The van der Waals surface area contributed by atoms with Gasteiger partial charge in [-0.3, -0.25) is 0 Å². The molecule has 17 heavy (non-hydrogen) atoms. The molecular weight excluding hydrogens is 240 g/mol. The number of phenols is 1. The number of aromatic hydroxyl groups is 1. The molecule has 1 aromatic carbocycles. The van der Waals surface area contributed by atoms with Gasteiger partial charge in [0, 0.05) is 0 Å². The zero-order chi connectivity index (χ0) is 13.3. The molecule has 0 aromatic heterocycles. The molecule has 0 bridgehead atoms. The number of rotatable bonds is 3. The largest absolute Gasteiger partial charge is 0.506 e. The van der Waals surface area contributed by atoms with Gasteiger partial charge in [-0.1, -0.05) is 5.92 Å². The van der Waals surface area contributed by atoms with E-state index in [1.807, 2.05) is 0 Å². The van der Waals surface area contributed by atoms with Crippen molar-refractivity contribution in [2.45, 2.75) is 24.3 Å². The first kappa shape index (κ1) is 13.4. The van der Waals surface area contributed by atoms with Crippen LogP contribution >= 0.6 is 0 Å². The molecule has 0 radical (unpaired) electrons. The molecule has 0 saturated carbocycles. The van der Waals surface area contributed by atoms with E-state index in [1.54, 1.807) is 13.8 Å². The van der Waals surface area contributed by atoms with Gasteiger partial charge in [-0.05, 0) is 32.0 Å². The highest BCUT2D eigenvalue weighted by Crippen LogP contribution is 2.23. The SMILES string of the molecule is C#CC(C)(C)NS(=O)(=O)c1ccc(O)c(N)c1. The second kappa shape index (κ2) is 4.28. The maximum absolute atomic E-state index is 11.9. The van der Waals surface area contributed by atoms with Crippen molar-refractivity contribution < 1.29 is 13.5 Å². The summed E-state index contributed by atoms with van der Waals surface area (Å²) >= 11 is 0. The predicted molar refractivity (Wildman–Crippen MR) is 65.8 cm³/mol. The second-order valence-electron chi connectivity index (χ2n) is 4.10. The van der Waals surface area contributed by atoms with E-state index in [1.165, 1.54) is 18.2 Å². The van der Waals surface area contributed by atoms with Crippen molar-refractivity contribution in [1.29, 1.82) is 0 Å². The molecule has 0 heterocycles. The third-order valence-corrected chi connectivity index (χ3v) is 3.71. The molecule has 5 nitrogen and oxygen atoms in total. The van der Waals surface area contributed by atoms with Gasteiger partial charge in [0.15, 0.2) is 0 Å². The Hall–Kier alpha value is -1.71. The number of phenolic OH excluding ortho intramolecular Hbond substituents is 1. The van der Waals surface area contributed by atoms with Crippen LogP contribution in [-0.2, 0) is 10.0 Å². The Balaban J connectivity index is 3.16. The maximum Gasteiger partial charge on any atom is 0.241 e. The van der Waals surface area contributed by atoms with Crippen LogP contribution in [0, 0.1) is 12.3 Å². The van der Waals surface area contributed by atoms with Crippen LogP contribution in [0.4, 0.5) is 5.69 Å². The summed E-state index contributed by atoms with van der Waals surface area (Å²) in [5.74, 6) is 2.16. The highest BCUT2D eigenvalue weighted by molar-refractivity contribution is 7.89. The lowest BCUT2D eigenvalue weighted by atomic mass is 10.1. The lowest BCUT2D eigenvalue weighted by molar-refractivity contribution is 0.477. The summed E-state index contributed by atoms with van der Waals surface area (Å²) in [5.41, 5.74) is 4.43. The van der Waals surface area contributed by atoms with Crippen LogP contribution in [0.3, 0.4) is 0 Å². The van der Waals surface area contributed by atoms with Gasteiger partial charge in [0.2, 0.25) is 10.0 Å². The number of hydrogen-bond donors (Lipinski definition) is 3. The van der Waals surface area contributed by atoms with E-state index in [-0.39, 0.29) is 16.3 Å². The molecule has 92 valence electrons. The van der Waals surface area contributed by atoms with E-state index in [0.29, 0.717) is 0 Å². The van der Waals surface area contributed by atoms with Gasteiger partial charge in [-0.2, -0.15) is 4.72 Å². The average molecular weight is 254 g/mol. The lowest BCUT2D eigenvalue weighted by Gasteiger charge is -2.19. The molecule has 0 unspecified atom stereocenters. The van der Waals surface area contributed by atoms with Gasteiger partial charge >= 0.3 is 0 Å². The molecule has 0 aliphatic carbocycles. The van der Waals surface area contributed by atoms with Crippen molar-refractivity contribution in [2.24, 2.45) is 0 Å². The Morgan fingerprint density at radius 1 is 1.47 bits per heavy atom. The third-order valence-electron chi connectivity index (χ3n) is 2.06. The van der Waals surface area contributed by atoms with Crippen molar-refractivity contribution in [3.8, 4) is 18.1 Å². The monoisotopic (exact) mass is 254 g/mol. The van der Waals surface area contributed by atoms with Crippen molar-refractivity contribution in [3.05, 3.63) is 18.2 Å². The quantitative estimate of drug-likeness (QED) is 0.420. The molecule has 0 saturated heterocycles. The minimum absolute atomic E-state index is 0.00797. The van der Waals surface area contributed by atoms with Gasteiger partial charge in [-0.25, -0.2) is 8.42 Å². The van der Waals surface area contributed by atoms with E-state index in [0.717, 1.165) is 0 Å². The zero-order valence-electron chi connectivity index (χ0n) is 9.56. The molecular formula is C11H14N2O3S. The summed E-state index contributed by atoms with van der Waals surface area (Å²) in [7, 11) is -3.75. The number of sulfonamides is 1. The number of nitrogen functional groups attached to an aromatic ring is 1. The molecule has 0 aliphatic heterocycles. The Labute approximate surface area is 101 Å². The second-order valence-corrected chi connectivity index (χ2v) is 5.78. The van der Waals surface area contributed by atoms with E-state index >= 15 is 0 Å². The number of nitrogens with one attached hydrogen (secondary N) is 1. The van der Waals surface area contributed by atoms with Gasteiger partial charge in [0.25, 0.3) is 0 Å². The molecule has 0 amide bonds. The number of benzene rings is 1. The smallest absolute Gasteiger partial charge is 0.241 e. The maximum atomic E-state index is 11.9. The molecule has 0 spiro atoms. The summed E-state index contributed by atoms with van der Waals surface area (Å²) in [6.07, 6.45) is 5.20. The van der Waals surface area contributed by atoms with Gasteiger partial charge < -0.3 is 10.8 Å². The first-order chi connectivity index (χ1) is 7.68. The van der Waals surface area contributed by atoms with E-state index in [9.17, 15) is 13.5 Å². The fraction of sp³-hybridized carbons (Fsp3) is 0.273. The highest BCUT2D eigenvalue weighted by atomic mass is 32.2. The molecule has 0 fully saturated rings. The van der Waals surface area contributed by atoms with Crippen LogP contribution in [0.5, 0.6) is 5.75 Å². The Kier molecular flexibility index (Phi) is 3.36. The third kappa shape index (κ3) is 3.12. The number of nitrogens with two attached hydrogens (primary N) is 1. The minimum Gasteiger partial charge on any atom is -0.506 e. The van der Waals surface area contributed by atoms with Crippen molar-refractivity contribution in [3.63, 3.8) is 0 Å². The zero-order valence-corrected chi connectivity index (χ0v) is 10.4. The molecule has 0 atom stereocenters. The first-order valence-corrected chi connectivity index (χ1v) is 6.26. The predicted octanol–water partition coefficient (Wildman–Crippen LogP) is 0.665. The normalized spacial score (nSPS) is 12.1. The first-order valence-electron chi connectivity index (χ1n) is 4.78. The molecule has 1 aromatic rings. The summed E-state index contributed by atoms with van der Waals surface area (Å²) in [5, 5.41) is 9.22. The molecule has 0 aliphatic rings. The van der Waals surface area contributed by atoms with Crippen LogP contribution in [0.25, 0.3) is 0 Å². The summed E-state index contributed by atoms with van der Waals surface area (Å²) < 4.78 is 26.2. The summed E-state index contributed by atoms with van der Waals surface area (Å²) in [6, 6.07) is 3.64. The Morgan fingerprint density at radius 2 is 2.06 bits per heavy atom.